The van der Waals surface area contributed by atoms with Crippen molar-refractivity contribution in [2.75, 3.05) is 11.9 Å². The van der Waals surface area contributed by atoms with Gasteiger partial charge in [-0.25, -0.2) is 4.79 Å². The Morgan fingerprint density at radius 3 is 2.45 bits per heavy atom. The van der Waals surface area contributed by atoms with Gasteiger partial charge in [-0.05, 0) is 84.5 Å². The molecule has 5 rings (SSSR count). The minimum atomic E-state index is -1.02. The van der Waals surface area contributed by atoms with Crippen LogP contribution in [0.5, 0.6) is 11.5 Å². The Morgan fingerprint density at radius 2 is 1.70 bits per heavy atom. The molecule has 0 bridgehead atoms. The normalized spacial score (nSPS) is 14.6. The van der Waals surface area contributed by atoms with Gasteiger partial charge < -0.3 is 25.6 Å². The number of benzene rings is 4. The van der Waals surface area contributed by atoms with Crippen molar-refractivity contribution in [1.29, 1.82) is 0 Å². The first kappa shape index (κ1) is 31.3. The number of halogens is 3. The SMILES string of the molecule is Cl.Cl.O=C(O)c1cc(Nc2ccccc2)cc(Oc2ccc3c(c2)C[C@@H](NC[C@@H](O)c2cccc(Cl)c2)CC3)c1. The maximum Gasteiger partial charge on any atom is 0.335 e. The lowest BCUT2D eigenvalue weighted by atomic mass is 9.88. The monoisotopic (exact) mass is 600 g/mol. The molecule has 6 nitrogen and oxygen atoms in total. The molecule has 0 radical (unpaired) electrons. The molecule has 0 saturated heterocycles. The summed E-state index contributed by atoms with van der Waals surface area (Å²) in [6.45, 7) is 0.440. The van der Waals surface area contributed by atoms with Gasteiger partial charge in [-0.15, -0.1) is 24.8 Å². The number of aromatic carboxylic acids is 1. The van der Waals surface area contributed by atoms with E-state index in [4.69, 9.17) is 16.3 Å². The third-order valence-electron chi connectivity index (χ3n) is 6.69. The van der Waals surface area contributed by atoms with Crippen LogP contribution in [0.2, 0.25) is 5.02 Å². The van der Waals surface area contributed by atoms with E-state index >= 15 is 0 Å². The fraction of sp³-hybridized carbons (Fsp3) is 0.194. The summed E-state index contributed by atoms with van der Waals surface area (Å²) in [5.74, 6) is 0.0702. The number of aliphatic hydroxyl groups is 1. The second-order valence-electron chi connectivity index (χ2n) is 9.49. The van der Waals surface area contributed by atoms with Gasteiger partial charge in [0.2, 0.25) is 0 Å². The van der Waals surface area contributed by atoms with E-state index in [2.05, 4.69) is 16.7 Å². The van der Waals surface area contributed by atoms with Gasteiger partial charge in [-0.2, -0.15) is 0 Å². The van der Waals surface area contributed by atoms with Crippen molar-refractivity contribution in [2.24, 2.45) is 0 Å². The number of ether oxygens (including phenoxy) is 1. The number of aliphatic hydroxyl groups excluding tert-OH is 1. The molecule has 0 spiro atoms. The predicted octanol–water partition coefficient (Wildman–Crippen LogP) is 7.60. The molecule has 0 unspecified atom stereocenters. The summed E-state index contributed by atoms with van der Waals surface area (Å²) in [4.78, 5) is 11.7. The van der Waals surface area contributed by atoms with Gasteiger partial charge in [0.05, 0.1) is 11.7 Å². The Hall–Kier alpha value is -3.26. The fourth-order valence-electron chi connectivity index (χ4n) is 4.76. The molecule has 4 N–H and O–H groups in total. The Bertz CT molecular complexity index is 1440. The first-order valence-electron chi connectivity index (χ1n) is 12.6. The van der Waals surface area contributed by atoms with Gasteiger partial charge in [0.15, 0.2) is 0 Å². The summed E-state index contributed by atoms with van der Waals surface area (Å²) in [5, 5.41) is 27.5. The molecule has 1 aliphatic carbocycles. The molecule has 0 aliphatic heterocycles. The number of para-hydroxylation sites is 1. The second kappa shape index (κ2) is 14.4. The van der Waals surface area contributed by atoms with E-state index in [-0.39, 0.29) is 36.4 Å². The fourth-order valence-corrected chi connectivity index (χ4v) is 4.96. The lowest BCUT2D eigenvalue weighted by Gasteiger charge is -2.27. The average Bonchev–Trinajstić information content (AvgIpc) is 2.92. The minimum Gasteiger partial charge on any atom is -0.478 e. The van der Waals surface area contributed by atoms with Crippen molar-refractivity contribution in [3.8, 4) is 11.5 Å². The quantitative estimate of drug-likeness (QED) is 0.158. The molecule has 2 atom stereocenters. The first-order chi connectivity index (χ1) is 18.4. The zero-order valence-electron chi connectivity index (χ0n) is 21.5. The van der Waals surface area contributed by atoms with Crippen LogP contribution in [-0.4, -0.2) is 28.8 Å². The highest BCUT2D eigenvalue weighted by atomic mass is 35.5. The van der Waals surface area contributed by atoms with Crippen LogP contribution in [0.4, 0.5) is 11.4 Å². The molecular weight excluding hydrogens is 571 g/mol. The van der Waals surface area contributed by atoms with Gasteiger partial charge in [0, 0.05) is 35.1 Å². The smallest absolute Gasteiger partial charge is 0.335 e. The van der Waals surface area contributed by atoms with E-state index in [0.29, 0.717) is 28.8 Å². The van der Waals surface area contributed by atoms with Crippen molar-refractivity contribution in [3.63, 3.8) is 0 Å². The van der Waals surface area contributed by atoms with E-state index in [1.54, 1.807) is 24.3 Å². The number of nitrogens with one attached hydrogen (secondary N) is 2. The van der Waals surface area contributed by atoms with Crippen molar-refractivity contribution in [3.05, 3.63) is 118 Å². The highest BCUT2D eigenvalue weighted by molar-refractivity contribution is 6.30. The molecule has 0 fully saturated rings. The third kappa shape index (κ3) is 8.13. The second-order valence-corrected chi connectivity index (χ2v) is 9.93. The number of hydrogen-bond donors (Lipinski definition) is 4. The number of rotatable bonds is 9. The van der Waals surface area contributed by atoms with Gasteiger partial charge in [-0.1, -0.05) is 48.0 Å². The molecule has 0 aromatic heterocycles. The summed E-state index contributed by atoms with van der Waals surface area (Å²) in [6, 6.07) is 28.0. The molecule has 4 aromatic carbocycles. The van der Waals surface area contributed by atoms with Crippen LogP contribution in [0.25, 0.3) is 0 Å². The highest BCUT2D eigenvalue weighted by Gasteiger charge is 2.20. The highest BCUT2D eigenvalue weighted by Crippen LogP contribution is 2.31. The van der Waals surface area contributed by atoms with Crippen molar-refractivity contribution >= 4 is 53.8 Å². The maximum absolute atomic E-state index is 11.7. The number of carboxylic acid groups (broad SMARTS) is 1. The predicted molar refractivity (Wildman–Crippen MR) is 164 cm³/mol. The van der Waals surface area contributed by atoms with E-state index in [1.807, 2.05) is 54.6 Å². The molecule has 0 amide bonds. The summed E-state index contributed by atoms with van der Waals surface area (Å²) < 4.78 is 6.14. The van der Waals surface area contributed by atoms with Crippen LogP contribution >= 0.6 is 36.4 Å². The van der Waals surface area contributed by atoms with Crippen molar-refractivity contribution in [1.82, 2.24) is 5.32 Å². The Kier molecular flexibility index (Phi) is 11.3. The van der Waals surface area contributed by atoms with Crippen LogP contribution in [0.3, 0.4) is 0 Å². The number of carbonyl (C=O) groups is 1. The maximum atomic E-state index is 11.7. The van der Waals surface area contributed by atoms with E-state index in [9.17, 15) is 15.0 Å². The van der Waals surface area contributed by atoms with Crippen molar-refractivity contribution in [2.45, 2.75) is 31.4 Å². The van der Waals surface area contributed by atoms with Crippen LogP contribution in [0.15, 0.2) is 91.0 Å². The largest absolute Gasteiger partial charge is 0.478 e. The number of hydrogen-bond acceptors (Lipinski definition) is 5. The van der Waals surface area contributed by atoms with Gasteiger partial charge in [-0.3, -0.25) is 0 Å². The van der Waals surface area contributed by atoms with Crippen LogP contribution in [-0.2, 0) is 12.8 Å². The zero-order chi connectivity index (χ0) is 26.5. The number of fused-ring (bicyclic) bond motifs is 1. The Labute approximate surface area is 251 Å². The van der Waals surface area contributed by atoms with E-state index < -0.39 is 12.1 Å². The molecule has 1 aliphatic rings. The van der Waals surface area contributed by atoms with E-state index in [1.165, 1.54) is 17.2 Å². The van der Waals surface area contributed by atoms with Gasteiger partial charge >= 0.3 is 5.97 Å². The lowest BCUT2D eigenvalue weighted by Crippen LogP contribution is -2.37. The lowest BCUT2D eigenvalue weighted by molar-refractivity contribution is 0.0696. The Balaban J connectivity index is 0.00000220. The topological polar surface area (TPSA) is 90.8 Å². The standard InChI is InChI=1S/C31H29ClN2O4.2ClH/c32-24-6-4-5-21(13-24)30(35)19-33-26-11-9-20-10-12-28(16-22(20)14-26)38-29-17-23(31(36)37)15-27(18-29)34-25-7-2-1-3-8-25;;/h1-8,10,12-13,15-18,26,30,33-35H,9,11,14,19H2,(H,36,37);2*1H/t26-,30+;;/m0../s1. The summed E-state index contributed by atoms with van der Waals surface area (Å²) in [6.07, 6.45) is 2.08. The molecule has 0 saturated carbocycles. The number of aryl methyl sites for hydroxylation is 1. The summed E-state index contributed by atoms with van der Waals surface area (Å²) >= 11 is 6.06. The Morgan fingerprint density at radius 1 is 0.900 bits per heavy atom. The minimum absolute atomic E-state index is 0. The summed E-state index contributed by atoms with van der Waals surface area (Å²) in [5.41, 5.74) is 4.88. The molecule has 210 valence electrons. The van der Waals surface area contributed by atoms with Crippen LogP contribution < -0.4 is 15.4 Å². The number of carboxylic acids is 1. The molecule has 9 heteroatoms. The molecule has 40 heavy (non-hydrogen) atoms. The summed E-state index contributed by atoms with van der Waals surface area (Å²) in [7, 11) is 0. The van der Waals surface area contributed by atoms with Gasteiger partial charge in [0.1, 0.15) is 11.5 Å². The third-order valence-corrected chi connectivity index (χ3v) is 6.93. The van der Waals surface area contributed by atoms with Crippen LogP contribution in [0, 0.1) is 0 Å². The molecule has 0 heterocycles. The zero-order valence-corrected chi connectivity index (χ0v) is 23.9. The molecule has 4 aromatic rings. The van der Waals surface area contributed by atoms with Crippen LogP contribution in [0.1, 0.15) is 39.6 Å². The molecular formula is C31H31Cl3N2O4. The first-order valence-corrected chi connectivity index (χ1v) is 13.0. The van der Waals surface area contributed by atoms with E-state index in [0.717, 1.165) is 30.5 Å². The van der Waals surface area contributed by atoms with Crippen molar-refractivity contribution < 1.29 is 19.7 Å². The van der Waals surface area contributed by atoms with Gasteiger partial charge in [0.25, 0.3) is 0 Å². The number of anilines is 2. The average molecular weight is 602 g/mol.